The van der Waals surface area contributed by atoms with E-state index in [1.807, 2.05) is 31.2 Å². The highest BCUT2D eigenvalue weighted by Crippen LogP contribution is 2.27. The second-order valence-electron chi connectivity index (χ2n) is 9.40. The minimum atomic E-state index is -0.153. The number of hydrogen-bond donors (Lipinski definition) is 1. The summed E-state index contributed by atoms with van der Waals surface area (Å²) in [5.74, 6) is 1.81. The van der Waals surface area contributed by atoms with Gasteiger partial charge in [0.2, 0.25) is 0 Å². The van der Waals surface area contributed by atoms with Crippen LogP contribution >= 0.6 is 0 Å². The molecule has 0 radical (unpaired) electrons. The normalized spacial score (nSPS) is 17.6. The third-order valence-electron chi connectivity index (χ3n) is 5.40. The maximum absolute atomic E-state index is 12.7. The van der Waals surface area contributed by atoms with Gasteiger partial charge in [0.05, 0.1) is 18.4 Å². The molecular formula is C24H34N4O2. The van der Waals surface area contributed by atoms with E-state index in [9.17, 15) is 4.79 Å². The quantitative estimate of drug-likeness (QED) is 0.781. The Morgan fingerprint density at radius 1 is 1.33 bits per heavy atom. The van der Waals surface area contributed by atoms with Gasteiger partial charge in [0.25, 0.3) is 5.91 Å². The Bertz CT molecular complexity index is 876. The molecule has 6 heteroatoms. The summed E-state index contributed by atoms with van der Waals surface area (Å²) >= 11 is 0. The molecule has 3 rings (SSSR count). The van der Waals surface area contributed by atoms with Crippen molar-refractivity contribution >= 4 is 5.91 Å². The summed E-state index contributed by atoms with van der Waals surface area (Å²) in [6.45, 7) is 12.3. The van der Waals surface area contributed by atoms with E-state index < -0.39 is 0 Å². The van der Waals surface area contributed by atoms with Crippen LogP contribution in [0.4, 0.5) is 0 Å². The Balaban J connectivity index is 1.63. The average Bonchev–Trinajstić information content (AvgIpc) is 2.71. The predicted molar refractivity (Wildman–Crippen MR) is 119 cm³/mol. The number of nitrogens with one attached hydrogen (secondary N) is 1. The van der Waals surface area contributed by atoms with Crippen molar-refractivity contribution in [3.05, 3.63) is 53.1 Å². The van der Waals surface area contributed by atoms with Crippen LogP contribution in [0.1, 0.15) is 67.0 Å². The number of piperidine rings is 1. The van der Waals surface area contributed by atoms with Crippen molar-refractivity contribution in [1.29, 1.82) is 0 Å². The van der Waals surface area contributed by atoms with E-state index in [0.717, 1.165) is 55.3 Å². The molecule has 1 fully saturated rings. The van der Waals surface area contributed by atoms with Gasteiger partial charge in [-0.1, -0.05) is 32.9 Å². The molecule has 162 valence electrons. The van der Waals surface area contributed by atoms with Gasteiger partial charge in [0, 0.05) is 31.7 Å². The number of benzene rings is 1. The van der Waals surface area contributed by atoms with Gasteiger partial charge in [0.15, 0.2) is 0 Å². The molecule has 2 aromatic rings. The molecule has 1 aromatic heterocycles. The van der Waals surface area contributed by atoms with Crippen LogP contribution in [0.3, 0.4) is 0 Å². The summed E-state index contributed by atoms with van der Waals surface area (Å²) in [5, 5.41) is 2.96. The monoisotopic (exact) mass is 410 g/mol. The summed E-state index contributed by atoms with van der Waals surface area (Å²) in [6, 6.07) is 7.67. The van der Waals surface area contributed by atoms with Gasteiger partial charge in [-0.15, -0.1) is 0 Å². The molecule has 1 atom stereocenters. The Morgan fingerprint density at radius 3 is 2.83 bits per heavy atom. The van der Waals surface area contributed by atoms with E-state index in [0.29, 0.717) is 18.0 Å². The summed E-state index contributed by atoms with van der Waals surface area (Å²) < 4.78 is 5.23. The van der Waals surface area contributed by atoms with Crippen LogP contribution in [0, 0.1) is 12.3 Å². The Labute approximate surface area is 180 Å². The largest absolute Gasteiger partial charge is 0.497 e. The lowest BCUT2D eigenvalue weighted by Gasteiger charge is -2.36. The highest BCUT2D eigenvalue weighted by atomic mass is 16.5. The lowest BCUT2D eigenvalue weighted by molar-refractivity contribution is 0.0949. The van der Waals surface area contributed by atoms with Crippen LogP contribution in [0.5, 0.6) is 5.75 Å². The molecule has 30 heavy (non-hydrogen) atoms. The first-order valence-corrected chi connectivity index (χ1v) is 10.7. The number of amides is 1. The van der Waals surface area contributed by atoms with Gasteiger partial charge < -0.3 is 15.0 Å². The maximum Gasteiger partial charge on any atom is 0.254 e. The Kier molecular flexibility index (Phi) is 7.08. The van der Waals surface area contributed by atoms with Crippen molar-refractivity contribution in [1.82, 2.24) is 20.2 Å². The van der Waals surface area contributed by atoms with Crippen LogP contribution in [0.25, 0.3) is 0 Å². The third kappa shape index (κ3) is 6.02. The maximum atomic E-state index is 12.7. The van der Waals surface area contributed by atoms with Gasteiger partial charge >= 0.3 is 0 Å². The van der Waals surface area contributed by atoms with Crippen LogP contribution in [-0.4, -0.2) is 47.5 Å². The highest BCUT2D eigenvalue weighted by molar-refractivity contribution is 5.94. The summed E-state index contributed by atoms with van der Waals surface area (Å²) in [6.07, 6.45) is 3.94. The van der Waals surface area contributed by atoms with E-state index in [1.165, 1.54) is 0 Å². The topological polar surface area (TPSA) is 67.3 Å². The van der Waals surface area contributed by atoms with Crippen molar-refractivity contribution in [2.45, 2.75) is 53.0 Å². The highest BCUT2D eigenvalue weighted by Gasteiger charge is 2.26. The van der Waals surface area contributed by atoms with E-state index >= 15 is 0 Å². The molecule has 6 nitrogen and oxygen atoms in total. The van der Waals surface area contributed by atoms with Gasteiger partial charge in [-0.25, -0.2) is 9.97 Å². The summed E-state index contributed by atoms with van der Waals surface area (Å²) in [4.78, 5) is 24.5. The molecular weight excluding hydrogens is 376 g/mol. The van der Waals surface area contributed by atoms with E-state index in [-0.39, 0.29) is 11.3 Å². The molecule has 1 aromatic carbocycles. The van der Waals surface area contributed by atoms with Crippen LogP contribution in [0.15, 0.2) is 30.5 Å². The molecule has 0 bridgehead atoms. The third-order valence-corrected chi connectivity index (χ3v) is 5.40. The first-order valence-electron chi connectivity index (χ1n) is 10.7. The molecule has 1 aliphatic heterocycles. The van der Waals surface area contributed by atoms with Crippen LogP contribution in [0.2, 0.25) is 0 Å². The van der Waals surface area contributed by atoms with Gasteiger partial charge in [-0.3, -0.25) is 4.79 Å². The summed E-state index contributed by atoms with van der Waals surface area (Å²) in [5.41, 5.74) is 2.53. The fraction of sp³-hybridized carbons (Fsp3) is 0.542. The first kappa shape index (κ1) is 22.2. The number of carbonyl (C=O) groups is 1. The van der Waals surface area contributed by atoms with E-state index in [2.05, 4.69) is 36.0 Å². The Hall–Kier alpha value is -2.47. The first-order chi connectivity index (χ1) is 14.2. The second-order valence-corrected chi connectivity index (χ2v) is 9.40. The second kappa shape index (κ2) is 9.56. The smallest absolute Gasteiger partial charge is 0.254 e. The number of ether oxygens (including phenoxy) is 1. The fourth-order valence-corrected chi connectivity index (χ4v) is 4.05. The number of likely N-dealkylation sites (tertiary alicyclic amines) is 1. The average molecular weight is 411 g/mol. The molecule has 2 heterocycles. The SMILES string of the molecule is COc1cccc(CNC(=O)c2cnc(C3CCCN(CC(C)(C)C)C3)nc2C)c1. The lowest BCUT2D eigenvalue weighted by atomic mass is 9.92. The zero-order valence-electron chi connectivity index (χ0n) is 18.9. The molecule has 1 unspecified atom stereocenters. The van der Waals surface area contributed by atoms with Gasteiger partial charge in [-0.05, 0) is 49.4 Å². The van der Waals surface area contributed by atoms with Crippen molar-refractivity contribution in [3.8, 4) is 5.75 Å². The van der Waals surface area contributed by atoms with E-state index in [1.54, 1.807) is 13.3 Å². The Morgan fingerprint density at radius 2 is 2.13 bits per heavy atom. The minimum absolute atomic E-state index is 0.153. The zero-order chi connectivity index (χ0) is 21.7. The minimum Gasteiger partial charge on any atom is -0.497 e. The number of aryl methyl sites for hydroxylation is 1. The number of aromatic nitrogens is 2. The molecule has 1 aliphatic rings. The summed E-state index contributed by atoms with van der Waals surface area (Å²) in [7, 11) is 1.63. The lowest BCUT2D eigenvalue weighted by Crippen LogP contribution is -2.40. The van der Waals surface area contributed by atoms with Crippen molar-refractivity contribution in [2.24, 2.45) is 5.41 Å². The fourth-order valence-electron chi connectivity index (χ4n) is 4.05. The molecule has 1 N–H and O–H groups in total. The van der Waals surface area contributed by atoms with Crippen LogP contribution < -0.4 is 10.1 Å². The number of hydrogen-bond acceptors (Lipinski definition) is 5. The van der Waals surface area contributed by atoms with Crippen molar-refractivity contribution in [2.75, 3.05) is 26.7 Å². The number of carbonyl (C=O) groups excluding carboxylic acids is 1. The molecule has 1 saturated heterocycles. The molecule has 0 saturated carbocycles. The number of methoxy groups -OCH3 is 1. The zero-order valence-corrected chi connectivity index (χ0v) is 18.9. The predicted octanol–water partition coefficient (Wildman–Crippen LogP) is 3.95. The molecule has 1 amide bonds. The van der Waals surface area contributed by atoms with Crippen molar-refractivity contribution in [3.63, 3.8) is 0 Å². The number of nitrogens with zero attached hydrogens (tertiary/aromatic N) is 3. The van der Waals surface area contributed by atoms with Crippen molar-refractivity contribution < 1.29 is 9.53 Å². The number of rotatable bonds is 6. The van der Waals surface area contributed by atoms with Crippen LogP contribution in [-0.2, 0) is 6.54 Å². The molecule has 0 spiro atoms. The molecule has 0 aliphatic carbocycles. The van der Waals surface area contributed by atoms with E-state index in [4.69, 9.17) is 9.72 Å². The van der Waals surface area contributed by atoms with Gasteiger partial charge in [-0.2, -0.15) is 0 Å². The standard InChI is InChI=1S/C24H34N4O2/c1-17-21(23(29)26-13-18-8-6-10-20(12-18)30-5)14-25-22(27-17)19-9-7-11-28(15-19)16-24(2,3)4/h6,8,10,12,14,19H,7,9,11,13,15-16H2,1-5H3,(H,26,29). The van der Waals surface area contributed by atoms with Gasteiger partial charge in [0.1, 0.15) is 11.6 Å².